The van der Waals surface area contributed by atoms with Crippen molar-refractivity contribution < 1.29 is 9.47 Å². The predicted octanol–water partition coefficient (Wildman–Crippen LogP) is 3.69. The molecule has 2 N–H and O–H groups in total. The minimum atomic E-state index is 0.414. The number of benzene rings is 1. The van der Waals surface area contributed by atoms with Gasteiger partial charge in [-0.05, 0) is 43.0 Å². The van der Waals surface area contributed by atoms with E-state index in [1.54, 1.807) is 0 Å². The van der Waals surface area contributed by atoms with E-state index in [-0.39, 0.29) is 0 Å². The molecule has 1 saturated carbocycles. The Morgan fingerprint density at radius 3 is 2.67 bits per heavy atom. The Hall–Kier alpha value is -1.13. The molecule has 4 heteroatoms. The Balaban J connectivity index is 1.60. The Morgan fingerprint density at radius 2 is 2.00 bits per heavy atom. The lowest BCUT2D eigenvalue weighted by Gasteiger charge is -2.26. The molecule has 1 aliphatic rings. The lowest BCUT2D eigenvalue weighted by Crippen LogP contribution is -2.22. The topological polar surface area (TPSA) is 44.5 Å². The van der Waals surface area contributed by atoms with Gasteiger partial charge in [0.15, 0.2) is 0 Å². The first kappa shape index (κ1) is 16.2. The van der Waals surface area contributed by atoms with Crippen LogP contribution in [0.3, 0.4) is 0 Å². The van der Waals surface area contributed by atoms with Gasteiger partial charge in [0.2, 0.25) is 0 Å². The Morgan fingerprint density at radius 1 is 1.24 bits per heavy atom. The number of hydrogen-bond acceptors (Lipinski definition) is 3. The zero-order chi connectivity index (χ0) is 15.1. The third-order valence-electron chi connectivity index (χ3n) is 3.94. The molecule has 1 fully saturated rings. The lowest BCUT2D eigenvalue weighted by atomic mass is 9.89. The molecule has 0 amide bonds. The van der Waals surface area contributed by atoms with Crippen LogP contribution in [0.4, 0.5) is 0 Å². The van der Waals surface area contributed by atoms with E-state index in [1.807, 2.05) is 24.3 Å². The molecule has 0 bridgehead atoms. The van der Waals surface area contributed by atoms with Crippen LogP contribution in [0, 0.1) is 5.92 Å². The molecule has 3 nitrogen and oxygen atoms in total. The molecule has 0 spiro atoms. The minimum absolute atomic E-state index is 0.414. The van der Waals surface area contributed by atoms with Crippen LogP contribution < -0.4 is 10.5 Å². The summed E-state index contributed by atoms with van der Waals surface area (Å²) in [6.07, 6.45) is 6.45. The highest BCUT2D eigenvalue weighted by Crippen LogP contribution is 2.25. The molecular weight excluding hydrogens is 282 g/mol. The highest BCUT2D eigenvalue weighted by Gasteiger charge is 2.18. The molecule has 1 aliphatic carbocycles. The van der Waals surface area contributed by atoms with Crippen LogP contribution in [0.1, 0.15) is 44.6 Å². The van der Waals surface area contributed by atoms with E-state index in [2.05, 4.69) is 6.92 Å². The predicted molar refractivity (Wildman–Crippen MR) is 89.8 cm³/mol. The summed E-state index contributed by atoms with van der Waals surface area (Å²) < 4.78 is 11.6. The summed E-state index contributed by atoms with van der Waals surface area (Å²) in [5, 5.41) is 0. The molecular formula is C17H25NO2S. The van der Waals surface area contributed by atoms with Crippen LogP contribution in [0.15, 0.2) is 24.3 Å². The summed E-state index contributed by atoms with van der Waals surface area (Å²) >= 11 is 4.92. The first-order chi connectivity index (χ1) is 10.1. The summed E-state index contributed by atoms with van der Waals surface area (Å²) in [4.78, 5) is 0.414. The third kappa shape index (κ3) is 5.64. The monoisotopic (exact) mass is 307 g/mol. The smallest absolute Gasteiger partial charge is 0.119 e. The van der Waals surface area contributed by atoms with Crippen molar-refractivity contribution >= 4 is 17.2 Å². The maximum Gasteiger partial charge on any atom is 0.119 e. The Kier molecular flexibility index (Phi) is 6.46. The minimum Gasteiger partial charge on any atom is -0.494 e. The fourth-order valence-corrected chi connectivity index (χ4v) is 2.88. The summed E-state index contributed by atoms with van der Waals surface area (Å²) in [6.45, 7) is 3.77. The van der Waals surface area contributed by atoms with Gasteiger partial charge in [0.25, 0.3) is 0 Å². The second kappa shape index (κ2) is 8.35. The van der Waals surface area contributed by atoms with Crippen molar-refractivity contribution in [3.8, 4) is 5.75 Å². The quantitative estimate of drug-likeness (QED) is 0.616. The molecule has 1 aromatic rings. The van der Waals surface area contributed by atoms with Gasteiger partial charge in [0, 0.05) is 12.0 Å². The van der Waals surface area contributed by atoms with Crippen molar-refractivity contribution in [1.29, 1.82) is 0 Å². The van der Waals surface area contributed by atoms with Crippen molar-refractivity contribution in [3.63, 3.8) is 0 Å². The van der Waals surface area contributed by atoms with Crippen molar-refractivity contribution in [2.45, 2.75) is 45.1 Å². The van der Waals surface area contributed by atoms with Gasteiger partial charge >= 0.3 is 0 Å². The van der Waals surface area contributed by atoms with Gasteiger partial charge in [-0.15, -0.1) is 0 Å². The van der Waals surface area contributed by atoms with E-state index in [0.717, 1.165) is 30.3 Å². The number of rotatable bonds is 7. The first-order valence-corrected chi connectivity index (χ1v) is 8.20. The number of nitrogens with two attached hydrogens (primary N) is 1. The molecule has 0 aromatic heterocycles. The van der Waals surface area contributed by atoms with E-state index >= 15 is 0 Å². The molecule has 2 unspecified atom stereocenters. The standard InChI is InChI=1S/C17H25NO2S/c1-13-4-2-5-16(12-13)20-11-3-10-19-15-8-6-14(7-9-15)17(18)21/h6-9,13,16H,2-5,10-12H2,1H3,(H2,18,21). The zero-order valence-electron chi connectivity index (χ0n) is 12.7. The van der Waals surface area contributed by atoms with Crippen molar-refractivity contribution in [3.05, 3.63) is 29.8 Å². The number of thiocarbonyl (C=S) groups is 1. The van der Waals surface area contributed by atoms with Crippen molar-refractivity contribution in [2.75, 3.05) is 13.2 Å². The largest absolute Gasteiger partial charge is 0.494 e. The van der Waals surface area contributed by atoms with Crippen LogP contribution in [-0.4, -0.2) is 24.3 Å². The van der Waals surface area contributed by atoms with Crippen LogP contribution in [0.2, 0.25) is 0 Å². The molecule has 0 heterocycles. The molecule has 116 valence electrons. The Labute approximate surface area is 132 Å². The maximum atomic E-state index is 5.93. The van der Waals surface area contributed by atoms with Gasteiger partial charge < -0.3 is 15.2 Å². The highest BCUT2D eigenvalue weighted by molar-refractivity contribution is 7.80. The van der Waals surface area contributed by atoms with Crippen molar-refractivity contribution in [2.24, 2.45) is 11.7 Å². The lowest BCUT2D eigenvalue weighted by molar-refractivity contribution is 0.0106. The molecule has 0 aliphatic heterocycles. The van der Waals surface area contributed by atoms with E-state index in [0.29, 0.717) is 17.7 Å². The van der Waals surface area contributed by atoms with Crippen molar-refractivity contribution in [1.82, 2.24) is 0 Å². The van der Waals surface area contributed by atoms with Gasteiger partial charge in [-0.2, -0.15) is 0 Å². The SMILES string of the molecule is CC1CCCC(OCCCOc2ccc(C(N)=S)cc2)C1. The second-order valence-corrected chi connectivity index (χ2v) is 6.30. The van der Waals surface area contributed by atoms with Gasteiger partial charge in [-0.25, -0.2) is 0 Å². The summed E-state index contributed by atoms with van der Waals surface area (Å²) in [5.74, 6) is 1.66. The molecule has 0 saturated heterocycles. The van der Waals surface area contributed by atoms with Gasteiger partial charge in [-0.3, -0.25) is 0 Å². The molecule has 1 aromatic carbocycles. The third-order valence-corrected chi connectivity index (χ3v) is 4.17. The first-order valence-electron chi connectivity index (χ1n) is 7.79. The van der Waals surface area contributed by atoms with Gasteiger partial charge in [-0.1, -0.05) is 32.0 Å². The van der Waals surface area contributed by atoms with Gasteiger partial charge in [0.1, 0.15) is 10.7 Å². The fraction of sp³-hybridized carbons (Fsp3) is 0.588. The molecule has 2 atom stereocenters. The van der Waals surface area contributed by atoms with Crippen LogP contribution in [0.5, 0.6) is 5.75 Å². The van der Waals surface area contributed by atoms with E-state index in [4.69, 9.17) is 27.4 Å². The van der Waals surface area contributed by atoms with E-state index < -0.39 is 0 Å². The average Bonchev–Trinajstić information content (AvgIpc) is 2.47. The summed E-state index contributed by atoms with van der Waals surface area (Å²) in [5.41, 5.74) is 6.43. The van der Waals surface area contributed by atoms with Crippen LogP contribution in [-0.2, 0) is 4.74 Å². The number of hydrogen-bond donors (Lipinski definition) is 1. The second-order valence-electron chi connectivity index (χ2n) is 5.86. The average molecular weight is 307 g/mol. The Bertz CT molecular complexity index is 447. The highest BCUT2D eigenvalue weighted by atomic mass is 32.1. The van der Waals surface area contributed by atoms with Gasteiger partial charge in [0.05, 0.1) is 19.3 Å². The molecule has 21 heavy (non-hydrogen) atoms. The van der Waals surface area contributed by atoms with Crippen LogP contribution in [0.25, 0.3) is 0 Å². The van der Waals surface area contributed by atoms with E-state index in [1.165, 1.54) is 25.7 Å². The maximum absolute atomic E-state index is 5.93. The van der Waals surface area contributed by atoms with E-state index in [9.17, 15) is 0 Å². The normalized spacial score (nSPS) is 22.0. The summed E-state index contributed by atoms with van der Waals surface area (Å²) in [6, 6.07) is 7.57. The fourth-order valence-electron chi connectivity index (χ4n) is 2.74. The summed E-state index contributed by atoms with van der Waals surface area (Å²) in [7, 11) is 0. The zero-order valence-corrected chi connectivity index (χ0v) is 13.5. The molecule has 2 rings (SSSR count). The number of ether oxygens (including phenoxy) is 2. The molecule has 0 radical (unpaired) electrons. The van der Waals surface area contributed by atoms with Crippen LogP contribution >= 0.6 is 12.2 Å².